The highest BCUT2D eigenvalue weighted by atomic mass is 16.7. The molecule has 1 fully saturated rings. The molecule has 6 heteroatoms. The predicted molar refractivity (Wildman–Crippen MR) is 70.2 cm³/mol. The number of allylic oxidation sites excluding steroid dienone is 1. The fourth-order valence-corrected chi connectivity index (χ4v) is 2.24. The van der Waals surface area contributed by atoms with Crippen LogP contribution in [0.4, 0.5) is 0 Å². The average molecular weight is 267 g/mol. The van der Waals surface area contributed by atoms with Crippen molar-refractivity contribution in [3.8, 4) is 0 Å². The highest BCUT2D eigenvalue weighted by Crippen LogP contribution is 2.24. The molecule has 0 bridgehead atoms. The zero-order valence-corrected chi connectivity index (χ0v) is 11.4. The summed E-state index contributed by atoms with van der Waals surface area (Å²) in [5.41, 5.74) is 3.37. The molecule has 0 atom stereocenters. The van der Waals surface area contributed by atoms with Gasteiger partial charge in [0.05, 0.1) is 5.70 Å². The summed E-state index contributed by atoms with van der Waals surface area (Å²) in [5, 5.41) is 3.16. The lowest BCUT2D eigenvalue weighted by Crippen LogP contribution is -2.41. The van der Waals surface area contributed by atoms with Crippen LogP contribution >= 0.6 is 0 Å². The number of rotatable bonds is 4. The van der Waals surface area contributed by atoms with Gasteiger partial charge in [-0.05, 0) is 19.3 Å². The summed E-state index contributed by atoms with van der Waals surface area (Å²) in [5.74, 6) is 0.455. The summed E-state index contributed by atoms with van der Waals surface area (Å²) in [6, 6.07) is 0.345. The first-order valence-electron chi connectivity index (χ1n) is 6.68. The van der Waals surface area contributed by atoms with Gasteiger partial charge >= 0.3 is 0 Å². The van der Waals surface area contributed by atoms with E-state index in [1.165, 1.54) is 6.92 Å². The molecule has 0 radical (unpaired) electrons. The van der Waals surface area contributed by atoms with Gasteiger partial charge in [-0.1, -0.05) is 6.92 Å². The second kappa shape index (κ2) is 6.47. The average Bonchev–Trinajstić information content (AvgIpc) is 2.45. The Bertz CT molecular complexity index is 387. The molecule has 0 spiro atoms. The molecule has 2 rings (SSSR count). The van der Waals surface area contributed by atoms with Gasteiger partial charge in [-0.3, -0.25) is 4.79 Å². The molecule has 2 aliphatic heterocycles. The Labute approximate surface area is 113 Å². The third kappa shape index (κ3) is 3.41. The fraction of sp³-hybridized carbons (Fsp3) is 0.615. The molecule has 0 aliphatic carbocycles. The molecule has 6 nitrogen and oxygen atoms in total. The first-order chi connectivity index (χ1) is 9.22. The maximum atomic E-state index is 11.0. The van der Waals surface area contributed by atoms with Crippen molar-refractivity contribution in [1.29, 1.82) is 0 Å². The Hall–Kier alpha value is -1.69. The third-order valence-corrected chi connectivity index (χ3v) is 3.21. The highest BCUT2D eigenvalue weighted by Gasteiger charge is 2.27. The van der Waals surface area contributed by atoms with E-state index in [0.29, 0.717) is 11.9 Å². The minimum absolute atomic E-state index is 0.218. The largest absolute Gasteiger partial charge is 0.381 e. The van der Waals surface area contributed by atoms with Crippen LogP contribution in [0, 0.1) is 0 Å². The lowest BCUT2D eigenvalue weighted by Gasteiger charge is -2.36. The molecule has 0 aromatic carbocycles. The number of ether oxygens (including phenoxy) is 1. The number of amides is 1. The highest BCUT2D eigenvalue weighted by molar-refractivity contribution is 5.71. The third-order valence-electron chi connectivity index (χ3n) is 3.21. The van der Waals surface area contributed by atoms with Crippen LogP contribution in [0.1, 0.15) is 33.1 Å². The normalized spacial score (nSPS) is 20.2. The van der Waals surface area contributed by atoms with E-state index in [-0.39, 0.29) is 5.91 Å². The molecule has 1 amide bonds. The van der Waals surface area contributed by atoms with E-state index < -0.39 is 0 Å². The van der Waals surface area contributed by atoms with Crippen LogP contribution in [-0.2, 0) is 14.4 Å². The lowest BCUT2D eigenvalue weighted by atomic mass is 10.1. The number of hydroxylamine groups is 1. The van der Waals surface area contributed by atoms with E-state index in [0.717, 1.165) is 38.2 Å². The van der Waals surface area contributed by atoms with Crippen LogP contribution < -0.4 is 10.8 Å². The van der Waals surface area contributed by atoms with E-state index in [9.17, 15) is 4.79 Å². The molecule has 2 heterocycles. The van der Waals surface area contributed by atoms with Crippen molar-refractivity contribution in [2.24, 2.45) is 0 Å². The molecule has 0 aromatic rings. The predicted octanol–water partition coefficient (Wildman–Crippen LogP) is 1.19. The monoisotopic (exact) mass is 267 g/mol. The number of carbonyl (C=O) groups is 1. The van der Waals surface area contributed by atoms with E-state index in [1.54, 1.807) is 0 Å². The van der Waals surface area contributed by atoms with Gasteiger partial charge in [-0.25, -0.2) is 0 Å². The zero-order valence-electron chi connectivity index (χ0n) is 11.4. The van der Waals surface area contributed by atoms with Gasteiger partial charge in [-0.15, -0.1) is 0 Å². The summed E-state index contributed by atoms with van der Waals surface area (Å²) in [6.45, 7) is 4.99. The van der Waals surface area contributed by atoms with E-state index >= 15 is 0 Å². The maximum Gasteiger partial charge on any atom is 0.249 e. The van der Waals surface area contributed by atoms with Crippen LogP contribution in [0.5, 0.6) is 0 Å². The van der Waals surface area contributed by atoms with E-state index in [4.69, 9.17) is 9.57 Å². The van der Waals surface area contributed by atoms with Crippen LogP contribution in [0.15, 0.2) is 24.0 Å². The van der Waals surface area contributed by atoms with E-state index in [1.807, 2.05) is 19.3 Å². The van der Waals surface area contributed by atoms with Crippen LogP contribution in [-0.4, -0.2) is 30.1 Å². The molecule has 0 saturated carbocycles. The molecule has 0 unspecified atom stereocenters. The van der Waals surface area contributed by atoms with Gasteiger partial charge in [0.15, 0.2) is 0 Å². The van der Waals surface area contributed by atoms with Crippen molar-refractivity contribution >= 4 is 5.91 Å². The second-order valence-electron chi connectivity index (χ2n) is 4.61. The van der Waals surface area contributed by atoms with Crippen molar-refractivity contribution in [2.75, 3.05) is 13.2 Å². The van der Waals surface area contributed by atoms with Gasteiger partial charge in [-0.2, -0.15) is 5.48 Å². The van der Waals surface area contributed by atoms with Gasteiger partial charge in [0.2, 0.25) is 11.8 Å². The molecule has 0 aromatic heterocycles. The zero-order chi connectivity index (χ0) is 13.7. The second-order valence-corrected chi connectivity index (χ2v) is 4.61. The van der Waals surface area contributed by atoms with Gasteiger partial charge in [0.25, 0.3) is 0 Å². The molecule has 1 saturated heterocycles. The maximum absolute atomic E-state index is 11.0. The summed E-state index contributed by atoms with van der Waals surface area (Å²) < 4.78 is 5.38. The molecular formula is C13H21N3O3. The van der Waals surface area contributed by atoms with Crippen LogP contribution in [0.25, 0.3) is 0 Å². The van der Waals surface area contributed by atoms with Crippen molar-refractivity contribution < 1.29 is 14.4 Å². The van der Waals surface area contributed by atoms with Crippen molar-refractivity contribution in [3.05, 3.63) is 24.0 Å². The van der Waals surface area contributed by atoms with Crippen molar-refractivity contribution in [1.82, 2.24) is 15.7 Å². The number of hydrogen-bond acceptors (Lipinski definition) is 5. The van der Waals surface area contributed by atoms with Gasteiger partial charge in [0.1, 0.15) is 0 Å². The van der Waals surface area contributed by atoms with Crippen LogP contribution in [0.2, 0.25) is 0 Å². The first-order valence-corrected chi connectivity index (χ1v) is 6.68. The van der Waals surface area contributed by atoms with Crippen molar-refractivity contribution in [2.45, 2.75) is 39.2 Å². The fourth-order valence-electron chi connectivity index (χ4n) is 2.24. The van der Waals surface area contributed by atoms with E-state index in [2.05, 4.69) is 15.7 Å². The summed E-state index contributed by atoms with van der Waals surface area (Å²) >= 11 is 0. The topological polar surface area (TPSA) is 62.8 Å². The first kappa shape index (κ1) is 13.7. The SMILES string of the molecule is CCC1=C(ONC(C)=O)N(C2CCOCC2)C=CN1. The number of carbonyl (C=O) groups excluding carboxylic acids is 1. The number of nitrogens with one attached hydrogen (secondary N) is 2. The molecule has 106 valence electrons. The summed E-state index contributed by atoms with van der Waals surface area (Å²) in [6.07, 6.45) is 6.56. The minimum atomic E-state index is -0.218. The molecule has 2 N–H and O–H groups in total. The number of nitrogens with zero attached hydrogens (tertiary/aromatic N) is 1. The van der Waals surface area contributed by atoms with Gasteiger partial charge < -0.3 is 19.8 Å². The Balaban J connectivity index is 2.13. The lowest BCUT2D eigenvalue weighted by molar-refractivity contribution is -0.130. The Morgan fingerprint density at radius 3 is 2.95 bits per heavy atom. The minimum Gasteiger partial charge on any atom is -0.381 e. The van der Waals surface area contributed by atoms with Gasteiger partial charge in [0, 0.05) is 38.6 Å². The summed E-state index contributed by atoms with van der Waals surface area (Å²) in [4.78, 5) is 18.6. The molecular weight excluding hydrogens is 246 g/mol. The van der Waals surface area contributed by atoms with Crippen LogP contribution in [0.3, 0.4) is 0 Å². The Morgan fingerprint density at radius 2 is 2.32 bits per heavy atom. The van der Waals surface area contributed by atoms with Crippen molar-refractivity contribution in [3.63, 3.8) is 0 Å². The molecule has 2 aliphatic rings. The smallest absolute Gasteiger partial charge is 0.249 e. The standard InChI is InChI=1S/C13H21N3O3/c1-3-12-13(19-15-10(2)17)16(7-6-14-12)11-4-8-18-9-5-11/h6-7,11,14H,3-5,8-9H2,1-2H3,(H,15,17). The number of hydrogen-bond donors (Lipinski definition) is 2. The Morgan fingerprint density at radius 1 is 1.58 bits per heavy atom. The Kier molecular flexibility index (Phi) is 4.68. The summed E-state index contributed by atoms with van der Waals surface area (Å²) in [7, 11) is 0. The molecule has 19 heavy (non-hydrogen) atoms. The quantitative estimate of drug-likeness (QED) is 0.749.